The highest BCUT2D eigenvalue weighted by Crippen LogP contribution is 2.52. The third-order valence-electron chi connectivity index (χ3n) is 6.67. The molecular weight excluding hydrogens is 336 g/mol. The molecule has 0 nitrogen and oxygen atoms in total. The van der Waals surface area contributed by atoms with Crippen LogP contribution in [0, 0.1) is 11.8 Å². The molecule has 0 aliphatic heterocycles. The Labute approximate surface area is 165 Å². The zero-order valence-corrected chi connectivity index (χ0v) is 15.8. The maximum absolute atomic E-state index is 2.51. The van der Waals surface area contributed by atoms with Crippen molar-refractivity contribution in [2.24, 2.45) is 11.8 Å². The fraction of sp³-hybridized carbons (Fsp3) is 0.143. The Morgan fingerprint density at radius 1 is 0.464 bits per heavy atom. The van der Waals surface area contributed by atoms with Gasteiger partial charge in [-0.25, -0.2) is 0 Å². The van der Waals surface area contributed by atoms with E-state index in [1.54, 1.807) is 11.1 Å². The summed E-state index contributed by atoms with van der Waals surface area (Å²) in [6, 6.07) is 31.1. The van der Waals surface area contributed by atoms with Crippen LogP contribution in [0.4, 0.5) is 0 Å². The molecule has 0 amide bonds. The van der Waals surface area contributed by atoms with Gasteiger partial charge >= 0.3 is 0 Å². The van der Waals surface area contributed by atoms with Gasteiger partial charge in [0.05, 0.1) is 0 Å². The van der Waals surface area contributed by atoms with Gasteiger partial charge in [-0.1, -0.05) is 97.1 Å². The Hall–Kier alpha value is -3.12. The second-order valence-corrected chi connectivity index (χ2v) is 8.06. The molecule has 0 bridgehead atoms. The molecule has 0 radical (unpaired) electrons. The topological polar surface area (TPSA) is 0 Å². The van der Waals surface area contributed by atoms with Crippen LogP contribution in [0.1, 0.15) is 24.0 Å². The lowest BCUT2D eigenvalue weighted by Gasteiger charge is -2.20. The van der Waals surface area contributed by atoms with Crippen molar-refractivity contribution in [2.75, 3.05) is 0 Å². The molecular formula is C28H22. The molecule has 0 fully saturated rings. The first kappa shape index (κ1) is 15.9. The van der Waals surface area contributed by atoms with Crippen LogP contribution in [0.2, 0.25) is 0 Å². The molecule has 2 atom stereocenters. The molecule has 2 aliphatic carbocycles. The molecule has 0 unspecified atom stereocenters. The van der Waals surface area contributed by atoms with Gasteiger partial charge in [0.2, 0.25) is 0 Å². The second-order valence-electron chi connectivity index (χ2n) is 8.06. The Balaban J connectivity index is 1.41. The highest BCUT2D eigenvalue weighted by molar-refractivity contribution is 5.98. The second kappa shape index (κ2) is 6.21. The summed E-state index contributed by atoms with van der Waals surface area (Å²) in [4.78, 5) is 0. The minimum Gasteiger partial charge on any atom is -0.0798 e. The van der Waals surface area contributed by atoms with Gasteiger partial charge in [0, 0.05) is 0 Å². The Morgan fingerprint density at radius 3 is 1.39 bits per heavy atom. The number of benzene rings is 4. The predicted molar refractivity (Wildman–Crippen MR) is 120 cm³/mol. The summed E-state index contributed by atoms with van der Waals surface area (Å²) in [5, 5.41) is 5.44. The van der Waals surface area contributed by atoms with Gasteiger partial charge in [-0.05, 0) is 68.5 Å². The van der Waals surface area contributed by atoms with Crippen LogP contribution in [0.3, 0.4) is 0 Å². The van der Waals surface area contributed by atoms with Gasteiger partial charge < -0.3 is 0 Å². The van der Waals surface area contributed by atoms with Crippen LogP contribution in [0.15, 0.2) is 97.1 Å². The summed E-state index contributed by atoms with van der Waals surface area (Å²) >= 11 is 0. The predicted octanol–water partition coefficient (Wildman–Crippen LogP) is 7.50. The molecule has 4 aromatic carbocycles. The van der Waals surface area contributed by atoms with Gasteiger partial charge in [0.15, 0.2) is 0 Å². The van der Waals surface area contributed by atoms with E-state index in [2.05, 4.69) is 97.1 Å². The zero-order chi connectivity index (χ0) is 18.5. The summed E-state index contributed by atoms with van der Waals surface area (Å²) in [6.45, 7) is 0. The number of hydrogen-bond donors (Lipinski definition) is 0. The maximum atomic E-state index is 2.51. The first-order valence-electron chi connectivity index (χ1n) is 10.3. The monoisotopic (exact) mass is 358 g/mol. The summed E-state index contributed by atoms with van der Waals surface area (Å²) in [5.41, 5.74) is 5.96. The molecule has 134 valence electrons. The Morgan fingerprint density at radius 2 is 0.893 bits per heavy atom. The van der Waals surface area contributed by atoms with Crippen molar-refractivity contribution in [2.45, 2.75) is 12.8 Å². The number of allylic oxidation sites excluding steroid dienone is 4. The van der Waals surface area contributed by atoms with Crippen LogP contribution < -0.4 is 0 Å². The molecule has 0 N–H and O–H groups in total. The van der Waals surface area contributed by atoms with Crippen molar-refractivity contribution in [3.05, 3.63) is 108 Å². The molecule has 0 spiro atoms. The fourth-order valence-corrected chi connectivity index (χ4v) is 5.40. The lowest BCUT2D eigenvalue weighted by Crippen LogP contribution is -2.07. The third-order valence-corrected chi connectivity index (χ3v) is 6.67. The quantitative estimate of drug-likeness (QED) is 0.348. The van der Waals surface area contributed by atoms with Gasteiger partial charge in [0.25, 0.3) is 0 Å². The van der Waals surface area contributed by atoms with E-state index in [1.165, 1.54) is 32.7 Å². The van der Waals surface area contributed by atoms with Gasteiger partial charge in [-0.2, -0.15) is 0 Å². The zero-order valence-electron chi connectivity index (χ0n) is 15.8. The smallest absolute Gasteiger partial charge is 0.00522 e. The highest BCUT2D eigenvalue weighted by atomic mass is 14.4. The van der Waals surface area contributed by atoms with Crippen LogP contribution in [-0.4, -0.2) is 0 Å². The number of rotatable bonds is 2. The third kappa shape index (κ3) is 2.31. The Kier molecular flexibility index (Phi) is 3.52. The molecule has 0 aromatic heterocycles. The largest absolute Gasteiger partial charge is 0.0798 e. The van der Waals surface area contributed by atoms with Crippen molar-refractivity contribution in [3.8, 4) is 0 Å². The highest BCUT2D eigenvalue weighted by Gasteiger charge is 2.37. The minimum atomic E-state index is 0.611. The molecule has 28 heavy (non-hydrogen) atoms. The van der Waals surface area contributed by atoms with E-state index in [4.69, 9.17) is 0 Å². The SMILES string of the molecule is C1=C(c2cccc3ccccc23)[C@H]2CC=C(c3cccc4ccccc34)[C@H]2C1. The number of fused-ring (bicyclic) bond motifs is 3. The van der Waals surface area contributed by atoms with E-state index in [1.807, 2.05) is 0 Å². The van der Waals surface area contributed by atoms with Gasteiger partial charge in [-0.3, -0.25) is 0 Å². The van der Waals surface area contributed by atoms with Crippen LogP contribution in [0.25, 0.3) is 32.7 Å². The molecule has 0 saturated heterocycles. The molecule has 0 saturated carbocycles. The maximum Gasteiger partial charge on any atom is -0.00522 e. The van der Waals surface area contributed by atoms with Gasteiger partial charge in [-0.15, -0.1) is 0 Å². The van der Waals surface area contributed by atoms with Crippen molar-refractivity contribution in [1.82, 2.24) is 0 Å². The van der Waals surface area contributed by atoms with Crippen molar-refractivity contribution < 1.29 is 0 Å². The molecule has 4 aromatic rings. The van der Waals surface area contributed by atoms with E-state index >= 15 is 0 Å². The average molecular weight is 358 g/mol. The van der Waals surface area contributed by atoms with Crippen molar-refractivity contribution >= 4 is 32.7 Å². The summed E-state index contributed by atoms with van der Waals surface area (Å²) in [5.74, 6) is 1.22. The van der Waals surface area contributed by atoms with Crippen LogP contribution in [0.5, 0.6) is 0 Å². The van der Waals surface area contributed by atoms with Crippen LogP contribution >= 0.6 is 0 Å². The summed E-state index contributed by atoms with van der Waals surface area (Å²) in [6.07, 6.45) is 7.32. The Bertz CT molecular complexity index is 1160. The first-order chi connectivity index (χ1) is 13.9. The number of hydrogen-bond acceptors (Lipinski definition) is 0. The molecule has 6 rings (SSSR count). The molecule has 2 aliphatic rings. The van der Waals surface area contributed by atoms with E-state index in [0.29, 0.717) is 11.8 Å². The molecule has 0 heteroatoms. The summed E-state index contributed by atoms with van der Waals surface area (Å²) in [7, 11) is 0. The molecule has 0 heterocycles. The van der Waals surface area contributed by atoms with Crippen LogP contribution in [-0.2, 0) is 0 Å². The van der Waals surface area contributed by atoms with Crippen molar-refractivity contribution in [3.63, 3.8) is 0 Å². The summed E-state index contributed by atoms with van der Waals surface area (Å²) < 4.78 is 0. The van der Waals surface area contributed by atoms with E-state index in [-0.39, 0.29) is 0 Å². The first-order valence-corrected chi connectivity index (χ1v) is 10.3. The average Bonchev–Trinajstić information content (AvgIpc) is 3.35. The minimum absolute atomic E-state index is 0.611. The fourth-order valence-electron chi connectivity index (χ4n) is 5.40. The van der Waals surface area contributed by atoms with Gasteiger partial charge in [0.1, 0.15) is 0 Å². The van der Waals surface area contributed by atoms with Crippen molar-refractivity contribution in [1.29, 1.82) is 0 Å². The lowest BCUT2D eigenvalue weighted by molar-refractivity contribution is 0.574. The van der Waals surface area contributed by atoms with E-state index < -0.39 is 0 Å². The standard InChI is InChI=1S/C28H22/c1-3-11-21-19(7-1)9-5-13-23(21)25-15-17-28-26(16-18-27(25)28)24-14-6-10-20-8-2-4-12-22(20)24/h1-16,27-28H,17-18H2/t27-,28-/m1/s1. The van der Waals surface area contributed by atoms with E-state index in [9.17, 15) is 0 Å². The lowest BCUT2D eigenvalue weighted by atomic mass is 9.83. The normalized spacial score (nSPS) is 21.0. The van der Waals surface area contributed by atoms with E-state index in [0.717, 1.165) is 12.8 Å².